The zero-order chi connectivity index (χ0) is 13.8. The number of anilines is 2. The molecule has 1 aromatic carbocycles. The van der Waals surface area contributed by atoms with Gasteiger partial charge in [0.1, 0.15) is 5.75 Å². The number of halogens is 2. The van der Waals surface area contributed by atoms with Gasteiger partial charge in [0.05, 0.1) is 5.69 Å². The van der Waals surface area contributed by atoms with Crippen molar-refractivity contribution in [3.05, 3.63) is 30.1 Å². The normalized spacial score (nSPS) is 10.5. The molecule has 1 aromatic heterocycles. The second-order valence-corrected chi connectivity index (χ2v) is 3.37. The van der Waals surface area contributed by atoms with Gasteiger partial charge in [0.25, 0.3) is 5.91 Å². The van der Waals surface area contributed by atoms with Crippen LogP contribution in [0.4, 0.5) is 20.4 Å². The lowest BCUT2D eigenvalue weighted by atomic mass is 10.3. The monoisotopic (exact) mass is 269 g/mol. The van der Waals surface area contributed by atoms with Crippen LogP contribution in [0.3, 0.4) is 0 Å². The molecule has 1 heterocycles. The van der Waals surface area contributed by atoms with Crippen molar-refractivity contribution >= 4 is 17.5 Å². The van der Waals surface area contributed by atoms with E-state index in [1.165, 1.54) is 18.2 Å². The van der Waals surface area contributed by atoms with E-state index >= 15 is 0 Å². The molecule has 0 unspecified atom stereocenters. The van der Waals surface area contributed by atoms with Crippen LogP contribution in [0.15, 0.2) is 24.3 Å². The van der Waals surface area contributed by atoms with Crippen LogP contribution in [0, 0.1) is 0 Å². The summed E-state index contributed by atoms with van der Waals surface area (Å²) in [6.07, 6.45) is 0. The van der Waals surface area contributed by atoms with Crippen molar-refractivity contribution in [3.63, 3.8) is 0 Å². The molecular formula is C10H9F2N5O2. The third-order valence-electron chi connectivity index (χ3n) is 2.07. The SMILES string of the molecule is Nc1n[nH]c(C(=O)Nc2ccccc2OC(F)F)n1. The molecule has 0 bridgehead atoms. The van der Waals surface area contributed by atoms with Gasteiger partial charge in [-0.05, 0) is 12.1 Å². The third-order valence-corrected chi connectivity index (χ3v) is 2.07. The molecular weight excluding hydrogens is 260 g/mol. The Hall–Kier alpha value is -2.71. The molecule has 0 saturated heterocycles. The largest absolute Gasteiger partial charge is 0.433 e. The maximum Gasteiger partial charge on any atom is 0.387 e. The zero-order valence-electron chi connectivity index (χ0n) is 9.43. The molecule has 2 rings (SSSR count). The highest BCUT2D eigenvalue weighted by Crippen LogP contribution is 2.25. The van der Waals surface area contributed by atoms with E-state index in [0.29, 0.717) is 0 Å². The first-order valence-electron chi connectivity index (χ1n) is 5.09. The number of para-hydroxylation sites is 2. The van der Waals surface area contributed by atoms with E-state index in [-0.39, 0.29) is 23.2 Å². The van der Waals surface area contributed by atoms with Crippen molar-refractivity contribution in [1.82, 2.24) is 15.2 Å². The summed E-state index contributed by atoms with van der Waals surface area (Å²) < 4.78 is 28.6. The molecule has 0 fully saturated rings. The molecule has 2 aromatic rings. The maximum absolute atomic E-state index is 12.2. The van der Waals surface area contributed by atoms with Crippen molar-refractivity contribution in [2.45, 2.75) is 6.61 Å². The summed E-state index contributed by atoms with van der Waals surface area (Å²) in [6, 6.07) is 5.77. The Bertz CT molecular complexity index is 587. The Kier molecular flexibility index (Phi) is 3.55. The second-order valence-electron chi connectivity index (χ2n) is 3.37. The summed E-state index contributed by atoms with van der Waals surface area (Å²) in [4.78, 5) is 15.3. The van der Waals surface area contributed by atoms with E-state index in [2.05, 4.69) is 25.2 Å². The molecule has 0 atom stereocenters. The van der Waals surface area contributed by atoms with E-state index in [4.69, 9.17) is 5.73 Å². The van der Waals surface area contributed by atoms with Gasteiger partial charge < -0.3 is 15.8 Å². The number of ether oxygens (including phenoxy) is 1. The van der Waals surface area contributed by atoms with E-state index in [9.17, 15) is 13.6 Å². The first-order valence-corrected chi connectivity index (χ1v) is 5.09. The highest BCUT2D eigenvalue weighted by atomic mass is 19.3. The number of nitrogens with two attached hydrogens (primary N) is 1. The van der Waals surface area contributed by atoms with E-state index in [1.54, 1.807) is 6.07 Å². The van der Waals surface area contributed by atoms with Crippen molar-refractivity contribution in [2.24, 2.45) is 0 Å². The molecule has 0 spiro atoms. The first-order chi connectivity index (χ1) is 9.06. The molecule has 100 valence electrons. The van der Waals surface area contributed by atoms with Crippen LogP contribution in [0.2, 0.25) is 0 Å². The average Bonchev–Trinajstić information content (AvgIpc) is 2.78. The lowest BCUT2D eigenvalue weighted by Crippen LogP contribution is -2.15. The molecule has 0 radical (unpaired) electrons. The quantitative estimate of drug-likeness (QED) is 0.774. The van der Waals surface area contributed by atoms with E-state index in [0.717, 1.165) is 0 Å². The Morgan fingerprint density at radius 1 is 1.42 bits per heavy atom. The first kappa shape index (κ1) is 12.7. The number of H-pyrrole nitrogens is 1. The number of benzene rings is 1. The third kappa shape index (κ3) is 3.15. The number of rotatable bonds is 4. The molecule has 7 nitrogen and oxygen atoms in total. The predicted octanol–water partition coefficient (Wildman–Crippen LogP) is 1.24. The van der Waals surface area contributed by atoms with Crippen LogP contribution in [-0.4, -0.2) is 27.7 Å². The number of aromatic nitrogens is 3. The molecule has 4 N–H and O–H groups in total. The fourth-order valence-electron chi connectivity index (χ4n) is 1.33. The van der Waals surface area contributed by atoms with Gasteiger partial charge in [-0.3, -0.25) is 9.89 Å². The number of nitrogens with zero attached hydrogens (tertiary/aromatic N) is 2. The van der Waals surface area contributed by atoms with Crippen LogP contribution >= 0.6 is 0 Å². The minimum atomic E-state index is -2.99. The number of nitrogens with one attached hydrogen (secondary N) is 2. The van der Waals surface area contributed by atoms with Crippen molar-refractivity contribution in [3.8, 4) is 5.75 Å². The van der Waals surface area contributed by atoms with Crippen LogP contribution < -0.4 is 15.8 Å². The minimum absolute atomic E-state index is 0.0859. The van der Waals surface area contributed by atoms with E-state index < -0.39 is 12.5 Å². The topological polar surface area (TPSA) is 106 Å². The lowest BCUT2D eigenvalue weighted by molar-refractivity contribution is -0.0493. The van der Waals surface area contributed by atoms with Crippen LogP contribution in [0.1, 0.15) is 10.6 Å². The number of alkyl halides is 2. The summed E-state index contributed by atoms with van der Waals surface area (Å²) in [6.45, 7) is -2.99. The van der Waals surface area contributed by atoms with Crippen LogP contribution in [0.5, 0.6) is 5.75 Å². The molecule has 1 amide bonds. The summed E-state index contributed by atoms with van der Waals surface area (Å²) in [5, 5.41) is 8.14. The summed E-state index contributed by atoms with van der Waals surface area (Å²) in [5.41, 5.74) is 5.33. The molecule has 0 aliphatic carbocycles. The number of hydrogen-bond acceptors (Lipinski definition) is 5. The molecule has 0 saturated carbocycles. The average molecular weight is 269 g/mol. The molecule has 9 heteroatoms. The highest BCUT2D eigenvalue weighted by Gasteiger charge is 2.15. The van der Waals surface area contributed by atoms with Crippen LogP contribution in [0.25, 0.3) is 0 Å². The summed E-state index contributed by atoms with van der Waals surface area (Å²) in [5.74, 6) is -1.06. The predicted molar refractivity (Wildman–Crippen MR) is 61.8 cm³/mol. The van der Waals surface area contributed by atoms with E-state index in [1.807, 2.05) is 0 Å². The Morgan fingerprint density at radius 3 is 2.79 bits per heavy atom. The summed E-state index contributed by atoms with van der Waals surface area (Å²) in [7, 11) is 0. The van der Waals surface area contributed by atoms with Crippen LogP contribution in [-0.2, 0) is 0 Å². The van der Waals surface area contributed by atoms with Crippen molar-refractivity contribution in [2.75, 3.05) is 11.1 Å². The van der Waals surface area contributed by atoms with Gasteiger partial charge in [0, 0.05) is 0 Å². The molecule has 19 heavy (non-hydrogen) atoms. The molecule has 0 aliphatic rings. The highest BCUT2D eigenvalue weighted by molar-refractivity contribution is 6.02. The van der Waals surface area contributed by atoms with Crippen molar-refractivity contribution in [1.29, 1.82) is 0 Å². The lowest BCUT2D eigenvalue weighted by Gasteiger charge is -2.10. The minimum Gasteiger partial charge on any atom is -0.433 e. The van der Waals surface area contributed by atoms with Crippen molar-refractivity contribution < 1.29 is 18.3 Å². The van der Waals surface area contributed by atoms with Gasteiger partial charge in [-0.1, -0.05) is 12.1 Å². The number of aromatic amines is 1. The molecule has 0 aliphatic heterocycles. The van der Waals surface area contributed by atoms with Gasteiger partial charge in [0.15, 0.2) is 0 Å². The van der Waals surface area contributed by atoms with Gasteiger partial charge in [-0.2, -0.15) is 13.8 Å². The van der Waals surface area contributed by atoms with Gasteiger partial charge in [0.2, 0.25) is 11.8 Å². The zero-order valence-corrected chi connectivity index (χ0v) is 9.43. The maximum atomic E-state index is 12.2. The van der Waals surface area contributed by atoms with Gasteiger partial charge in [-0.25, -0.2) is 0 Å². The standard InChI is InChI=1S/C10H9F2N5O2/c11-9(12)19-6-4-2-1-3-5(6)14-8(18)7-15-10(13)17-16-7/h1-4,9H,(H,14,18)(H3,13,15,16,17). The fraction of sp³-hybridized carbons (Fsp3) is 0.100. The number of carbonyl (C=O) groups is 1. The smallest absolute Gasteiger partial charge is 0.387 e. The van der Waals surface area contributed by atoms with Gasteiger partial charge >= 0.3 is 6.61 Å². The number of nitrogen functional groups attached to an aromatic ring is 1. The van der Waals surface area contributed by atoms with Gasteiger partial charge in [-0.15, -0.1) is 5.10 Å². The number of hydrogen-bond donors (Lipinski definition) is 3. The Morgan fingerprint density at radius 2 is 2.16 bits per heavy atom. The Balaban J connectivity index is 2.16. The fourth-order valence-corrected chi connectivity index (χ4v) is 1.33. The second kappa shape index (κ2) is 5.29. The number of carbonyl (C=O) groups excluding carboxylic acids is 1. The number of amides is 1. The summed E-state index contributed by atoms with van der Waals surface area (Å²) >= 11 is 0. The Labute approximate surface area is 105 Å².